The molecule has 224 valence electrons. The van der Waals surface area contributed by atoms with Gasteiger partial charge in [0.15, 0.2) is 0 Å². The maximum atomic E-state index is 13.9. The van der Waals surface area contributed by atoms with E-state index in [1.54, 1.807) is 15.1 Å². The highest BCUT2D eigenvalue weighted by Crippen LogP contribution is 2.44. The standard InChI is InChI=1S/C31H40N6O4S/c1-9-37-26-13-12-24(21(4)29(26)32-34-37)28(31(5,6)30(38)41-8)25-16-23(35(7)33-25)18-36-17-20(3)14-22-11-10-19(2)15-27(22)42(36,39)40/h10-13,15-16,20,28H,9,14,17-18H2,1-8H3/t20-,28+/m0/s1. The Morgan fingerprint density at radius 2 is 1.90 bits per heavy atom. The molecule has 42 heavy (non-hydrogen) atoms. The summed E-state index contributed by atoms with van der Waals surface area (Å²) in [5, 5.41) is 13.6. The molecule has 0 aliphatic carbocycles. The van der Waals surface area contributed by atoms with Gasteiger partial charge in [0.1, 0.15) is 5.52 Å². The van der Waals surface area contributed by atoms with Gasteiger partial charge in [-0.15, -0.1) is 5.10 Å². The van der Waals surface area contributed by atoms with Crippen molar-refractivity contribution in [3.63, 3.8) is 0 Å². The third-order valence-electron chi connectivity index (χ3n) is 8.58. The Kier molecular flexibility index (Phi) is 7.78. The van der Waals surface area contributed by atoms with E-state index < -0.39 is 21.4 Å². The summed E-state index contributed by atoms with van der Waals surface area (Å²) in [5.74, 6) is -0.704. The zero-order valence-corrected chi connectivity index (χ0v) is 26.5. The largest absolute Gasteiger partial charge is 0.469 e. The van der Waals surface area contributed by atoms with Crippen molar-refractivity contribution in [1.29, 1.82) is 0 Å². The molecular formula is C31H40N6O4S. The van der Waals surface area contributed by atoms with Gasteiger partial charge in [0.05, 0.1) is 40.9 Å². The predicted molar refractivity (Wildman–Crippen MR) is 160 cm³/mol. The number of methoxy groups -OCH3 is 1. The number of fused-ring (bicyclic) bond motifs is 2. The van der Waals surface area contributed by atoms with Gasteiger partial charge in [-0.2, -0.15) is 9.40 Å². The number of aromatic nitrogens is 5. The van der Waals surface area contributed by atoms with Crippen LogP contribution in [0, 0.1) is 25.2 Å². The number of esters is 1. The highest BCUT2D eigenvalue weighted by atomic mass is 32.2. The van der Waals surface area contributed by atoms with Crippen molar-refractivity contribution in [1.82, 2.24) is 29.1 Å². The second kappa shape index (κ2) is 10.9. The highest BCUT2D eigenvalue weighted by molar-refractivity contribution is 7.89. The molecule has 5 rings (SSSR count). The molecule has 10 nitrogen and oxygen atoms in total. The first-order chi connectivity index (χ1) is 19.8. The molecule has 0 saturated carbocycles. The number of nitrogens with zero attached hydrogens (tertiary/aromatic N) is 6. The van der Waals surface area contributed by atoms with Crippen LogP contribution in [-0.4, -0.2) is 57.1 Å². The maximum absolute atomic E-state index is 13.9. The monoisotopic (exact) mass is 592 g/mol. The maximum Gasteiger partial charge on any atom is 0.312 e. The summed E-state index contributed by atoms with van der Waals surface area (Å²) in [6.07, 6.45) is 0.696. The van der Waals surface area contributed by atoms with Crippen LogP contribution in [0.2, 0.25) is 0 Å². The summed E-state index contributed by atoms with van der Waals surface area (Å²) in [7, 11) is -0.526. The molecule has 2 aromatic carbocycles. The fraction of sp³-hybridized carbons (Fsp3) is 0.484. The first-order valence-electron chi connectivity index (χ1n) is 14.3. The lowest BCUT2D eigenvalue weighted by molar-refractivity contribution is -0.151. The average Bonchev–Trinajstić information content (AvgIpc) is 3.50. The fourth-order valence-corrected chi connectivity index (χ4v) is 8.12. The molecule has 0 spiro atoms. The van der Waals surface area contributed by atoms with Crippen LogP contribution >= 0.6 is 0 Å². The predicted octanol–water partition coefficient (Wildman–Crippen LogP) is 4.52. The molecule has 0 bridgehead atoms. The van der Waals surface area contributed by atoms with Crippen LogP contribution in [0.5, 0.6) is 0 Å². The molecule has 0 fully saturated rings. The second-order valence-electron chi connectivity index (χ2n) is 12.1. The number of carbonyl (C=O) groups excluding carboxylic acids is 1. The van der Waals surface area contributed by atoms with E-state index >= 15 is 0 Å². The first kappa shape index (κ1) is 29.9. The lowest BCUT2D eigenvalue weighted by atomic mass is 9.71. The Hall–Kier alpha value is -3.57. The van der Waals surface area contributed by atoms with Gasteiger partial charge in [-0.1, -0.05) is 30.3 Å². The van der Waals surface area contributed by atoms with Gasteiger partial charge in [-0.25, -0.2) is 13.1 Å². The van der Waals surface area contributed by atoms with Crippen molar-refractivity contribution >= 4 is 27.0 Å². The Bertz CT molecular complexity index is 1770. The molecule has 0 N–H and O–H groups in total. The van der Waals surface area contributed by atoms with Gasteiger partial charge in [0.25, 0.3) is 0 Å². The quantitative estimate of drug-likeness (QED) is 0.290. The zero-order valence-electron chi connectivity index (χ0n) is 25.7. The van der Waals surface area contributed by atoms with Gasteiger partial charge < -0.3 is 4.74 Å². The van der Waals surface area contributed by atoms with Crippen LogP contribution in [-0.2, 0) is 46.1 Å². The normalized spacial score (nSPS) is 18.0. The van der Waals surface area contributed by atoms with Gasteiger partial charge >= 0.3 is 5.97 Å². The van der Waals surface area contributed by atoms with Gasteiger partial charge in [0.2, 0.25) is 10.0 Å². The smallest absolute Gasteiger partial charge is 0.312 e. The van der Waals surface area contributed by atoms with Crippen molar-refractivity contribution in [3.05, 3.63) is 70.0 Å². The van der Waals surface area contributed by atoms with Crippen LogP contribution in [0.15, 0.2) is 41.3 Å². The molecule has 11 heteroatoms. The number of carbonyl (C=O) groups is 1. The molecule has 0 amide bonds. The lowest BCUT2D eigenvalue weighted by Gasteiger charge is -2.32. The minimum Gasteiger partial charge on any atom is -0.469 e. The van der Waals surface area contributed by atoms with E-state index in [9.17, 15) is 13.2 Å². The van der Waals surface area contributed by atoms with E-state index in [0.29, 0.717) is 30.1 Å². The molecule has 4 aromatic rings. The Balaban J connectivity index is 1.60. The highest BCUT2D eigenvalue weighted by Gasteiger charge is 2.43. The van der Waals surface area contributed by atoms with E-state index in [0.717, 1.165) is 39.0 Å². The van der Waals surface area contributed by atoms with Crippen molar-refractivity contribution < 1.29 is 17.9 Å². The number of sulfonamides is 1. The number of rotatable bonds is 7. The summed E-state index contributed by atoms with van der Waals surface area (Å²) < 4.78 is 38.2. The molecule has 0 saturated heterocycles. The molecule has 1 aliphatic rings. The van der Waals surface area contributed by atoms with Gasteiger partial charge in [0, 0.05) is 26.1 Å². The number of hydrogen-bond donors (Lipinski definition) is 0. The van der Waals surface area contributed by atoms with Crippen LogP contribution in [0.4, 0.5) is 0 Å². The van der Waals surface area contributed by atoms with Gasteiger partial charge in [-0.05, 0) is 87.4 Å². The molecule has 2 atom stereocenters. The van der Waals surface area contributed by atoms with Crippen LogP contribution in [0.1, 0.15) is 67.3 Å². The van der Waals surface area contributed by atoms with E-state index in [1.165, 1.54) is 7.11 Å². The first-order valence-corrected chi connectivity index (χ1v) is 15.8. The van der Waals surface area contributed by atoms with Crippen molar-refractivity contribution in [2.45, 2.75) is 71.9 Å². The van der Waals surface area contributed by atoms with Crippen molar-refractivity contribution in [2.24, 2.45) is 18.4 Å². The molecular weight excluding hydrogens is 552 g/mol. The number of aryl methyl sites for hydroxylation is 4. The van der Waals surface area contributed by atoms with E-state index in [2.05, 4.69) is 17.2 Å². The Morgan fingerprint density at radius 3 is 2.60 bits per heavy atom. The van der Waals surface area contributed by atoms with E-state index in [1.807, 2.05) is 76.7 Å². The van der Waals surface area contributed by atoms with Gasteiger partial charge in [-0.3, -0.25) is 9.48 Å². The fourth-order valence-electron chi connectivity index (χ4n) is 6.27. The number of hydrogen-bond acceptors (Lipinski definition) is 7. The Labute approximate surface area is 247 Å². The zero-order chi connectivity index (χ0) is 30.6. The SMILES string of the molecule is CCn1nnc2c(C)c([C@H](c3cc(CN4C[C@@H](C)Cc5ccc(C)cc5S4(=O)=O)n(C)n3)C(C)(C)C(=O)OC)ccc21. The summed E-state index contributed by atoms with van der Waals surface area (Å²) in [5.41, 5.74) is 5.67. The molecule has 0 unspecified atom stereocenters. The molecule has 2 aromatic heterocycles. The third kappa shape index (κ3) is 5.02. The number of ether oxygens (including phenoxy) is 1. The lowest BCUT2D eigenvalue weighted by Crippen LogP contribution is -2.34. The summed E-state index contributed by atoms with van der Waals surface area (Å²) in [6, 6.07) is 11.6. The summed E-state index contributed by atoms with van der Waals surface area (Å²) >= 11 is 0. The van der Waals surface area contributed by atoms with E-state index in [-0.39, 0.29) is 18.4 Å². The topological polar surface area (TPSA) is 112 Å². The van der Waals surface area contributed by atoms with Crippen molar-refractivity contribution in [2.75, 3.05) is 13.7 Å². The molecule has 3 heterocycles. The Morgan fingerprint density at radius 1 is 1.17 bits per heavy atom. The van der Waals surface area contributed by atoms with E-state index in [4.69, 9.17) is 9.84 Å². The summed E-state index contributed by atoms with van der Waals surface area (Å²) in [4.78, 5) is 13.6. The molecule has 1 aliphatic heterocycles. The average molecular weight is 593 g/mol. The molecule has 0 radical (unpaired) electrons. The minimum atomic E-state index is -3.73. The van der Waals surface area contributed by atoms with Crippen LogP contribution < -0.4 is 0 Å². The van der Waals surface area contributed by atoms with Crippen molar-refractivity contribution in [3.8, 4) is 0 Å². The third-order valence-corrected chi connectivity index (χ3v) is 10.5. The number of benzene rings is 2. The van der Waals surface area contributed by atoms with Crippen LogP contribution in [0.3, 0.4) is 0 Å². The summed E-state index contributed by atoms with van der Waals surface area (Å²) in [6.45, 7) is 12.9. The minimum absolute atomic E-state index is 0.147. The second-order valence-corrected chi connectivity index (χ2v) is 14.0. The van der Waals surface area contributed by atoms with Crippen LogP contribution in [0.25, 0.3) is 11.0 Å².